The predicted octanol–water partition coefficient (Wildman–Crippen LogP) is 2.22. The van der Waals surface area contributed by atoms with Crippen LogP contribution in [0.3, 0.4) is 0 Å². The zero-order chi connectivity index (χ0) is 14.5. The van der Waals surface area contributed by atoms with Crippen molar-refractivity contribution in [2.24, 2.45) is 11.8 Å². The normalized spacial score (nSPS) is 41.4. The van der Waals surface area contributed by atoms with E-state index in [1.807, 2.05) is 7.05 Å². The molecule has 0 heterocycles. The number of likely N-dealkylation sites (N-methyl/N-ethyl adjacent to an activating group) is 1. The summed E-state index contributed by atoms with van der Waals surface area (Å²) in [6.07, 6.45) is 5.64. The standard InChI is InChI=1S/C16H31NO3/c1-11-5-6-13(9-12(11)2)20-15-10-14(17-3)16(15)19-8-7-18-4/h11-17H,5-10H2,1-4H3. The van der Waals surface area contributed by atoms with Gasteiger partial charge in [0.1, 0.15) is 0 Å². The van der Waals surface area contributed by atoms with Crippen LogP contribution in [0.5, 0.6) is 0 Å². The second-order valence-corrected chi connectivity index (χ2v) is 6.52. The van der Waals surface area contributed by atoms with Crippen LogP contribution in [-0.2, 0) is 14.2 Å². The van der Waals surface area contributed by atoms with Crippen molar-refractivity contribution in [1.29, 1.82) is 0 Å². The highest BCUT2D eigenvalue weighted by Crippen LogP contribution is 2.35. The summed E-state index contributed by atoms with van der Waals surface area (Å²) in [5.74, 6) is 1.62. The lowest BCUT2D eigenvalue weighted by Crippen LogP contribution is -2.60. The fraction of sp³-hybridized carbons (Fsp3) is 1.00. The first-order chi connectivity index (χ1) is 9.65. The summed E-state index contributed by atoms with van der Waals surface area (Å²) in [7, 11) is 3.70. The number of hydrogen-bond acceptors (Lipinski definition) is 4. The van der Waals surface area contributed by atoms with Crippen molar-refractivity contribution in [2.75, 3.05) is 27.4 Å². The highest BCUT2D eigenvalue weighted by Gasteiger charge is 2.43. The van der Waals surface area contributed by atoms with Crippen LogP contribution in [0, 0.1) is 11.8 Å². The first-order valence-electron chi connectivity index (χ1n) is 8.09. The Kier molecular flexibility index (Phi) is 6.27. The molecule has 6 atom stereocenters. The molecule has 20 heavy (non-hydrogen) atoms. The third-order valence-electron chi connectivity index (χ3n) is 5.14. The van der Waals surface area contributed by atoms with Crippen LogP contribution in [-0.4, -0.2) is 51.7 Å². The molecule has 2 fully saturated rings. The number of nitrogens with one attached hydrogen (secondary N) is 1. The van der Waals surface area contributed by atoms with E-state index in [1.165, 1.54) is 19.3 Å². The first-order valence-corrected chi connectivity index (χ1v) is 8.09. The van der Waals surface area contributed by atoms with Gasteiger partial charge in [-0.15, -0.1) is 0 Å². The minimum Gasteiger partial charge on any atom is -0.382 e. The third kappa shape index (κ3) is 3.94. The van der Waals surface area contributed by atoms with Crippen molar-refractivity contribution in [2.45, 2.75) is 63.9 Å². The summed E-state index contributed by atoms with van der Waals surface area (Å²) in [6, 6.07) is 0.428. The van der Waals surface area contributed by atoms with E-state index in [0.29, 0.717) is 25.4 Å². The molecule has 4 heteroatoms. The number of rotatable bonds is 7. The maximum Gasteiger partial charge on any atom is 0.0991 e. The molecule has 6 unspecified atom stereocenters. The van der Waals surface area contributed by atoms with Gasteiger partial charge in [-0.2, -0.15) is 0 Å². The monoisotopic (exact) mass is 285 g/mol. The van der Waals surface area contributed by atoms with E-state index in [-0.39, 0.29) is 12.2 Å². The number of ether oxygens (including phenoxy) is 3. The quantitative estimate of drug-likeness (QED) is 0.728. The van der Waals surface area contributed by atoms with Gasteiger partial charge in [-0.05, 0) is 44.6 Å². The molecule has 1 N–H and O–H groups in total. The SMILES string of the molecule is CNC1CC(OC2CCC(C)C(C)C2)C1OCCOC. The van der Waals surface area contributed by atoms with Gasteiger partial charge >= 0.3 is 0 Å². The average molecular weight is 285 g/mol. The van der Waals surface area contributed by atoms with E-state index < -0.39 is 0 Å². The molecular formula is C16H31NO3. The van der Waals surface area contributed by atoms with Crippen LogP contribution >= 0.6 is 0 Å². The Hall–Kier alpha value is -0.160. The molecule has 0 aromatic rings. The molecule has 0 aromatic carbocycles. The molecule has 2 aliphatic rings. The maximum atomic E-state index is 6.32. The van der Waals surface area contributed by atoms with E-state index in [9.17, 15) is 0 Å². The molecule has 2 rings (SSSR count). The Bertz CT molecular complexity index is 287. The molecule has 0 amide bonds. The Labute approximate surface area is 123 Å². The smallest absolute Gasteiger partial charge is 0.0991 e. The molecular weight excluding hydrogens is 254 g/mol. The molecule has 0 aliphatic heterocycles. The van der Waals surface area contributed by atoms with E-state index in [4.69, 9.17) is 14.2 Å². The molecule has 2 aliphatic carbocycles. The molecule has 2 saturated carbocycles. The van der Waals surface area contributed by atoms with Gasteiger partial charge in [-0.25, -0.2) is 0 Å². The second-order valence-electron chi connectivity index (χ2n) is 6.52. The van der Waals surface area contributed by atoms with Crippen LogP contribution < -0.4 is 5.32 Å². The minimum atomic E-state index is 0.185. The molecule has 0 spiro atoms. The summed E-state index contributed by atoms with van der Waals surface area (Å²) in [6.45, 7) is 6.01. The van der Waals surface area contributed by atoms with Gasteiger partial charge in [0, 0.05) is 13.2 Å². The van der Waals surface area contributed by atoms with Gasteiger partial charge in [0.15, 0.2) is 0 Å². The molecule has 4 nitrogen and oxygen atoms in total. The molecule has 0 radical (unpaired) electrons. The first kappa shape index (κ1) is 16.2. The summed E-state index contributed by atoms with van der Waals surface area (Å²) in [5.41, 5.74) is 0. The lowest BCUT2D eigenvalue weighted by molar-refractivity contribution is -0.178. The Morgan fingerprint density at radius 2 is 1.85 bits per heavy atom. The third-order valence-corrected chi connectivity index (χ3v) is 5.14. The molecule has 118 valence electrons. The maximum absolute atomic E-state index is 6.32. The van der Waals surface area contributed by atoms with Gasteiger partial charge < -0.3 is 19.5 Å². The fourth-order valence-electron chi connectivity index (χ4n) is 3.36. The van der Waals surface area contributed by atoms with Gasteiger partial charge in [0.25, 0.3) is 0 Å². The lowest BCUT2D eigenvalue weighted by Gasteiger charge is -2.46. The summed E-state index contributed by atoms with van der Waals surface area (Å²) in [5, 5.41) is 3.32. The van der Waals surface area contributed by atoms with Gasteiger partial charge in [-0.3, -0.25) is 0 Å². The highest BCUT2D eigenvalue weighted by atomic mass is 16.6. The Morgan fingerprint density at radius 3 is 2.50 bits per heavy atom. The Morgan fingerprint density at radius 1 is 1.05 bits per heavy atom. The topological polar surface area (TPSA) is 39.7 Å². The van der Waals surface area contributed by atoms with Gasteiger partial charge in [-0.1, -0.05) is 13.8 Å². The molecule has 0 aromatic heterocycles. The fourth-order valence-corrected chi connectivity index (χ4v) is 3.36. The second kappa shape index (κ2) is 7.74. The van der Waals surface area contributed by atoms with E-state index in [2.05, 4.69) is 19.2 Å². The van der Waals surface area contributed by atoms with Gasteiger partial charge in [0.2, 0.25) is 0 Å². The average Bonchev–Trinajstić information content (AvgIpc) is 2.43. The van der Waals surface area contributed by atoms with Crippen molar-refractivity contribution in [3.05, 3.63) is 0 Å². The highest BCUT2D eigenvalue weighted by molar-refractivity contribution is 4.97. The predicted molar refractivity (Wildman–Crippen MR) is 79.9 cm³/mol. The van der Waals surface area contributed by atoms with Crippen LogP contribution in [0.4, 0.5) is 0 Å². The molecule has 0 bridgehead atoms. The van der Waals surface area contributed by atoms with Crippen LogP contribution in [0.15, 0.2) is 0 Å². The van der Waals surface area contributed by atoms with Crippen molar-refractivity contribution >= 4 is 0 Å². The number of methoxy groups -OCH3 is 1. The van der Waals surface area contributed by atoms with E-state index in [1.54, 1.807) is 7.11 Å². The summed E-state index contributed by atoms with van der Waals surface area (Å²) >= 11 is 0. The van der Waals surface area contributed by atoms with E-state index >= 15 is 0 Å². The van der Waals surface area contributed by atoms with E-state index in [0.717, 1.165) is 18.3 Å². The Balaban J connectivity index is 1.76. The largest absolute Gasteiger partial charge is 0.382 e. The number of hydrogen-bond donors (Lipinski definition) is 1. The summed E-state index contributed by atoms with van der Waals surface area (Å²) < 4.78 is 17.3. The van der Waals surface area contributed by atoms with Crippen LogP contribution in [0.1, 0.15) is 39.5 Å². The summed E-state index contributed by atoms with van der Waals surface area (Å²) in [4.78, 5) is 0. The van der Waals surface area contributed by atoms with Gasteiger partial charge in [0.05, 0.1) is 31.5 Å². The minimum absolute atomic E-state index is 0.185. The van der Waals surface area contributed by atoms with Crippen LogP contribution in [0.2, 0.25) is 0 Å². The zero-order valence-corrected chi connectivity index (χ0v) is 13.4. The van der Waals surface area contributed by atoms with Crippen molar-refractivity contribution in [3.8, 4) is 0 Å². The van der Waals surface area contributed by atoms with Crippen molar-refractivity contribution < 1.29 is 14.2 Å². The lowest BCUT2D eigenvalue weighted by atomic mass is 9.79. The van der Waals surface area contributed by atoms with Crippen LogP contribution in [0.25, 0.3) is 0 Å². The zero-order valence-electron chi connectivity index (χ0n) is 13.4. The molecule has 0 saturated heterocycles. The van der Waals surface area contributed by atoms with Crippen molar-refractivity contribution in [1.82, 2.24) is 5.32 Å². The van der Waals surface area contributed by atoms with Crippen molar-refractivity contribution in [3.63, 3.8) is 0 Å².